The molecule has 6 nitrogen and oxygen atoms in total. The number of rotatable bonds is 4. The Hall–Kier alpha value is -2.56. The lowest BCUT2D eigenvalue weighted by Gasteiger charge is -2.06. The van der Waals surface area contributed by atoms with Crippen LogP contribution < -0.4 is 11.4 Å². The molecule has 0 bridgehead atoms. The maximum absolute atomic E-state index is 12.5. The summed E-state index contributed by atoms with van der Waals surface area (Å²) in [6.07, 6.45) is -4.78. The summed E-state index contributed by atoms with van der Waals surface area (Å²) >= 11 is 0. The summed E-state index contributed by atoms with van der Waals surface area (Å²) in [5, 5.41) is 3.63. The molecule has 0 fully saturated rings. The molecule has 11 heteroatoms. The van der Waals surface area contributed by atoms with Gasteiger partial charge in [0.2, 0.25) is 0 Å². The molecule has 0 spiro atoms. The number of pyridine rings is 1. The van der Waals surface area contributed by atoms with Crippen molar-refractivity contribution in [2.24, 2.45) is 5.73 Å². The maximum atomic E-state index is 12.5. The van der Waals surface area contributed by atoms with E-state index in [1.165, 1.54) is 0 Å². The number of nitrogens with two attached hydrogens (primary N) is 1. The van der Waals surface area contributed by atoms with Crippen molar-refractivity contribution in [3.05, 3.63) is 52.5 Å². The first-order chi connectivity index (χ1) is 10.7. The number of hydrogen-bond acceptors (Lipinski definition) is 4. The number of aromatic nitrogens is 4. The molecule has 0 aliphatic rings. The lowest BCUT2D eigenvalue weighted by atomic mass is 10.3. The van der Waals surface area contributed by atoms with Crippen molar-refractivity contribution < 1.29 is 22.0 Å². The van der Waals surface area contributed by atoms with E-state index in [-0.39, 0.29) is 5.69 Å². The fourth-order valence-corrected chi connectivity index (χ4v) is 1.70. The molecular formula is C12H10F5N5O. The van der Waals surface area contributed by atoms with Gasteiger partial charge in [-0.2, -0.15) is 27.1 Å². The van der Waals surface area contributed by atoms with Gasteiger partial charge in [-0.15, -0.1) is 0 Å². The molecule has 2 heterocycles. The Kier molecular flexibility index (Phi) is 4.59. The highest BCUT2D eigenvalue weighted by Crippen LogP contribution is 2.27. The van der Waals surface area contributed by atoms with Gasteiger partial charge in [0, 0.05) is 12.1 Å². The number of hydrogen-bond donors (Lipinski definition) is 1. The Morgan fingerprint density at radius 2 is 1.96 bits per heavy atom. The molecule has 0 saturated heterocycles. The van der Waals surface area contributed by atoms with Gasteiger partial charge in [0.1, 0.15) is 12.0 Å². The van der Waals surface area contributed by atoms with Gasteiger partial charge in [-0.05, 0) is 12.1 Å². The first-order valence-electron chi connectivity index (χ1n) is 6.15. The van der Waals surface area contributed by atoms with Crippen molar-refractivity contribution in [2.45, 2.75) is 12.7 Å². The van der Waals surface area contributed by atoms with Crippen LogP contribution in [0, 0.1) is 0 Å². The molecule has 124 valence electrons. The van der Waals surface area contributed by atoms with Crippen LogP contribution in [0.5, 0.6) is 0 Å². The average molecular weight is 335 g/mol. The summed E-state index contributed by atoms with van der Waals surface area (Å²) < 4.78 is 64.0. The zero-order valence-corrected chi connectivity index (χ0v) is 11.4. The fourth-order valence-electron chi connectivity index (χ4n) is 1.70. The maximum Gasteiger partial charge on any atom is 0.433 e. The second-order valence-electron chi connectivity index (χ2n) is 4.41. The number of alkyl halides is 3. The summed E-state index contributed by atoms with van der Waals surface area (Å²) in [6, 6.07) is 1.73. The molecule has 2 aromatic heterocycles. The van der Waals surface area contributed by atoms with E-state index in [2.05, 4.69) is 10.1 Å². The zero-order chi connectivity index (χ0) is 17.2. The van der Waals surface area contributed by atoms with Crippen LogP contribution in [-0.2, 0) is 12.7 Å². The number of halogens is 5. The topological polar surface area (TPSA) is 78.7 Å². The smallest absolute Gasteiger partial charge is 0.327 e. The van der Waals surface area contributed by atoms with E-state index in [9.17, 15) is 26.7 Å². The second-order valence-corrected chi connectivity index (χ2v) is 4.41. The lowest BCUT2D eigenvalue weighted by molar-refractivity contribution is -0.141. The van der Waals surface area contributed by atoms with Gasteiger partial charge >= 0.3 is 11.9 Å². The molecule has 0 radical (unpaired) electrons. The monoisotopic (exact) mass is 335 g/mol. The van der Waals surface area contributed by atoms with Gasteiger partial charge in [0.15, 0.2) is 0 Å². The molecule has 0 aliphatic heterocycles. The van der Waals surface area contributed by atoms with Crippen molar-refractivity contribution in [1.29, 1.82) is 0 Å². The molecule has 23 heavy (non-hydrogen) atoms. The summed E-state index contributed by atoms with van der Waals surface area (Å²) in [5.41, 5.74) is 2.77. The predicted octanol–water partition coefficient (Wildman–Crippen LogP) is 1.56. The Bertz CT molecular complexity index is 770. The van der Waals surface area contributed by atoms with Crippen LogP contribution >= 0.6 is 0 Å². The van der Waals surface area contributed by atoms with Gasteiger partial charge < -0.3 is 5.73 Å². The summed E-state index contributed by atoms with van der Waals surface area (Å²) in [7, 11) is 0. The summed E-state index contributed by atoms with van der Waals surface area (Å²) in [6.45, 7) is -0.970. The van der Waals surface area contributed by atoms with Gasteiger partial charge in [0.25, 0.3) is 6.08 Å². The van der Waals surface area contributed by atoms with Crippen LogP contribution in [0.3, 0.4) is 0 Å². The molecule has 0 aromatic carbocycles. The van der Waals surface area contributed by atoms with E-state index >= 15 is 0 Å². The standard InChI is InChI=1S/C12H10F5N5O/c13-10(14)7(3-18)5-22-11(23)21(6-20-22)8-1-2-9(19-4-8)12(15,16)17/h1-2,4,6H,3,5,18H2. The number of nitrogens with zero attached hydrogens (tertiary/aromatic N) is 4. The van der Waals surface area contributed by atoms with E-state index in [4.69, 9.17) is 5.73 Å². The minimum Gasteiger partial charge on any atom is -0.327 e. The third kappa shape index (κ3) is 3.62. The molecule has 2 N–H and O–H groups in total. The first-order valence-corrected chi connectivity index (χ1v) is 6.15. The lowest BCUT2D eigenvalue weighted by Crippen LogP contribution is -2.26. The minimum atomic E-state index is -4.60. The van der Waals surface area contributed by atoms with Crippen LogP contribution in [0.25, 0.3) is 5.69 Å². The SMILES string of the molecule is NCC(Cn1ncn(-c2ccc(C(F)(F)F)nc2)c1=O)=C(F)F. The van der Waals surface area contributed by atoms with E-state index in [0.717, 1.165) is 27.8 Å². The third-order valence-corrected chi connectivity index (χ3v) is 2.90. The third-order valence-electron chi connectivity index (χ3n) is 2.90. The highest BCUT2D eigenvalue weighted by molar-refractivity contribution is 5.29. The average Bonchev–Trinajstić information content (AvgIpc) is 2.84. The molecular weight excluding hydrogens is 325 g/mol. The van der Waals surface area contributed by atoms with Crippen LogP contribution in [0.2, 0.25) is 0 Å². The van der Waals surface area contributed by atoms with E-state index in [1.54, 1.807) is 0 Å². The second kappa shape index (κ2) is 6.28. The Morgan fingerprint density at radius 3 is 2.43 bits per heavy atom. The van der Waals surface area contributed by atoms with Gasteiger partial charge in [-0.3, -0.25) is 0 Å². The highest BCUT2D eigenvalue weighted by Gasteiger charge is 2.32. The van der Waals surface area contributed by atoms with Crippen LogP contribution in [0.15, 0.2) is 41.1 Å². The summed E-state index contributed by atoms with van der Waals surface area (Å²) in [4.78, 5) is 15.2. The van der Waals surface area contributed by atoms with Crippen molar-refractivity contribution in [1.82, 2.24) is 19.3 Å². The summed E-state index contributed by atoms with van der Waals surface area (Å²) in [5.74, 6) is 0. The molecule has 0 unspecified atom stereocenters. The largest absolute Gasteiger partial charge is 0.433 e. The first kappa shape index (κ1) is 16.8. The fraction of sp³-hybridized carbons (Fsp3) is 0.250. The molecule has 0 aliphatic carbocycles. The molecule has 0 amide bonds. The van der Waals surface area contributed by atoms with E-state index in [1.807, 2.05) is 0 Å². The van der Waals surface area contributed by atoms with E-state index < -0.39 is 42.3 Å². The molecule has 2 aromatic rings. The van der Waals surface area contributed by atoms with Crippen LogP contribution in [0.1, 0.15) is 5.69 Å². The van der Waals surface area contributed by atoms with Gasteiger partial charge in [-0.1, -0.05) is 0 Å². The quantitative estimate of drug-likeness (QED) is 0.860. The van der Waals surface area contributed by atoms with E-state index in [0.29, 0.717) is 6.07 Å². The zero-order valence-electron chi connectivity index (χ0n) is 11.4. The minimum absolute atomic E-state index is 0.0215. The molecule has 2 rings (SSSR count). The molecule has 0 saturated carbocycles. The van der Waals surface area contributed by atoms with Gasteiger partial charge in [0.05, 0.1) is 18.4 Å². The van der Waals surface area contributed by atoms with Gasteiger partial charge in [-0.25, -0.2) is 19.0 Å². The van der Waals surface area contributed by atoms with Crippen LogP contribution in [0.4, 0.5) is 22.0 Å². The Balaban J connectivity index is 2.33. The highest BCUT2D eigenvalue weighted by atomic mass is 19.4. The molecule has 0 atom stereocenters. The van der Waals surface area contributed by atoms with Crippen molar-refractivity contribution in [2.75, 3.05) is 6.54 Å². The predicted molar refractivity (Wildman–Crippen MR) is 68.9 cm³/mol. The van der Waals surface area contributed by atoms with Crippen molar-refractivity contribution >= 4 is 0 Å². The van der Waals surface area contributed by atoms with Crippen molar-refractivity contribution in [3.8, 4) is 5.69 Å². The Labute approximate surface area is 125 Å². The Morgan fingerprint density at radius 1 is 1.26 bits per heavy atom. The van der Waals surface area contributed by atoms with Crippen LogP contribution in [-0.4, -0.2) is 25.9 Å². The van der Waals surface area contributed by atoms with Crippen molar-refractivity contribution in [3.63, 3.8) is 0 Å². The normalized spacial score (nSPS) is 11.6.